The van der Waals surface area contributed by atoms with Crippen LogP contribution in [0.3, 0.4) is 0 Å². The zero-order valence-corrected chi connectivity index (χ0v) is 17.6. The van der Waals surface area contributed by atoms with Gasteiger partial charge in [-0.05, 0) is 51.8 Å². The summed E-state index contributed by atoms with van der Waals surface area (Å²) in [5, 5.41) is 0. The van der Waals surface area contributed by atoms with Crippen LogP contribution < -0.4 is 14.2 Å². The Bertz CT molecular complexity index is 870. The van der Waals surface area contributed by atoms with Gasteiger partial charge in [0.25, 0.3) is 0 Å². The molecule has 0 N–H and O–H groups in total. The van der Waals surface area contributed by atoms with Gasteiger partial charge < -0.3 is 14.2 Å². The highest BCUT2D eigenvalue weighted by atomic mass is 79.9. The lowest BCUT2D eigenvalue weighted by Crippen LogP contribution is -2.30. The van der Waals surface area contributed by atoms with Crippen LogP contribution in [-0.2, 0) is 16.6 Å². The topological polar surface area (TPSA) is 65.1 Å². The SMILES string of the molecule is CCN(Cc1ccc(OC)c(OC)c1)S(=O)(=O)c1ccc(OC)c(Br)c1. The Morgan fingerprint density at radius 3 is 2.08 bits per heavy atom. The summed E-state index contributed by atoms with van der Waals surface area (Å²) < 4.78 is 43.7. The number of nitrogens with zero attached hydrogens (tertiary/aromatic N) is 1. The lowest BCUT2D eigenvalue weighted by atomic mass is 10.2. The van der Waals surface area contributed by atoms with Crippen LogP contribution in [0.1, 0.15) is 12.5 Å². The zero-order valence-electron chi connectivity index (χ0n) is 15.2. The van der Waals surface area contributed by atoms with Crippen molar-refractivity contribution in [3.05, 3.63) is 46.4 Å². The fourth-order valence-corrected chi connectivity index (χ4v) is 4.66. The van der Waals surface area contributed by atoms with Crippen LogP contribution in [0.15, 0.2) is 45.8 Å². The van der Waals surface area contributed by atoms with E-state index in [0.717, 1.165) is 5.56 Å². The summed E-state index contributed by atoms with van der Waals surface area (Å²) in [5.74, 6) is 1.73. The van der Waals surface area contributed by atoms with Gasteiger partial charge in [0, 0.05) is 13.1 Å². The third-order valence-electron chi connectivity index (χ3n) is 3.92. The normalized spacial score (nSPS) is 11.5. The molecular weight excluding hydrogens is 422 g/mol. The van der Waals surface area contributed by atoms with E-state index in [-0.39, 0.29) is 11.4 Å². The summed E-state index contributed by atoms with van der Waals surface area (Å²) in [6, 6.07) is 10.1. The van der Waals surface area contributed by atoms with Crippen molar-refractivity contribution in [2.45, 2.75) is 18.4 Å². The van der Waals surface area contributed by atoms with E-state index < -0.39 is 10.0 Å². The molecule has 0 heterocycles. The molecule has 0 bridgehead atoms. The minimum Gasteiger partial charge on any atom is -0.496 e. The summed E-state index contributed by atoms with van der Waals surface area (Å²) >= 11 is 3.33. The molecule has 0 saturated heterocycles. The first kappa shape index (κ1) is 20.5. The van der Waals surface area contributed by atoms with Gasteiger partial charge in [-0.3, -0.25) is 0 Å². The van der Waals surface area contributed by atoms with Crippen LogP contribution in [0.2, 0.25) is 0 Å². The molecule has 0 unspecified atom stereocenters. The molecule has 0 aliphatic heterocycles. The van der Waals surface area contributed by atoms with Gasteiger partial charge >= 0.3 is 0 Å². The maximum atomic E-state index is 13.0. The van der Waals surface area contributed by atoms with Gasteiger partial charge in [0.05, 0.1) is 30.7 Å². The summed E-state index contributed by atoms with van der Waals surface area (Å²) in [6.07, 6.45) is 0. The molecular formula is C18H22BrNO5S. The third-order valence-corrected chi connectivity index (χ3v) is 6.46. The molecule has 0 aliphatic carbocycles. The highest BCUT2D eigenvalue weighted by molar-refractivity contribution is 9.10. The van der Waals surface area contributed by atoms with Gasteiger partial charge in [0.2, 0.25) is 10.0 Å². The van der Waals surface area contributed by atoms with Crippen LogP contribution in [0.25, 0.3) is 0 Å². The van der Waals surface area contributed by atoms with Crippen LogP contribution in [-0.4, -0.2) is 40.6 Å². The zero-order chi connectivity index (χ0) is 19.3. The third kappa shape index (κ3) is 4.31. The maximum Gasteiger partial charge on any atom is 0.243 e. The number of halogens is 1. The highest BCUT2D eigenvalue weighted by Crippen LogP contribution is 2.31. The standard InChI is InChI=1S/C18H22BrNO5S/c1-5-20(12-13-6-8-17(24-3)18(10-13)25-4)26(21,22)14-7-9-16(23-2)15(19)11-14/h6-11H,5,12H2,1-4H3. The van der Waals surface area contributed by atoms with Crippen molar-refractivity contribution in [2.75, 3.05) is 27.9 Å². The van der Waals surface area contributed by atoms with Gasteiger partial charge in [-0.2, -0.15) is 4.31 Å². The van der Waals surface area contributed by atoms with E-state index in [1.165, 1.54) is 17.5 Å². The van der Waals surface area contributed by atoms with E-state index in [2.05, 4.69) is 15.9 Å². The summed E-state index contributed by atoms with van der Waals surface area (Å²) in [5.41, 5.74) is 0.806. The minimum absolute atomic E-state index is 0.201. The van der Waals surface area contributed by atoms with Crippen LogP contribution >= 0.6 is 15.9 Å². The molecule has 26 heavy (non-hydrogen) atoms. The second-order valence-electron chi connectivity index (χ2n) is 5.42. The van der Waals surface area contributed by atoms with Gasteiger partial charge in [-0.15, -0.1) is 0 Å². The second kappa shape index (κ2) is 8.75. The van der Waals surface area contributed by atoms with E-state index in [0.29, 0.717) is 28.3 Å². The number of rotatable bonds is 8. The number of hydrogen-bond donors (Lipinski definition) is 0. The molecule has 2 aromatic rings. The Balaban J connectivity index is 2.33. The number of ether oxygens (including phenoxy) is 3. The van der Waals surface area contributed by atoms with Gasteiger partial charge in [0.1, 0.15) is 5.75 Å². The van der Waals surface area contributed by atoms with E-state index >= 15 is 0 Å². The van der Waals surface area contributed by atoms with Gasteiger partial charge in [-0.1, -0.05) is 13.0 Å². The molecule has 0 saturated carbocycles. The minimum atomic E-state index is -3.66. The fourth-order valence-electron chi connectivity index (χ4n) is 2.51. The van der Waals surface area contributed by atoms with E-state index in [1.54, 1.807) is 45.4 Å². The van der Waals surface area contributed by atoms with Crippen molar-refractivity contribution < 1.29 is 22.6 Å². The molecule has 8 heteroatoms. The molecule has 0 amide bonds. The molecule has 0 atom stereocenters. The van der Waals surface area contributed by atoms with E-state index in [9.17, 15) is 8.42 Å². The molecule has 0 aromatic heterocycles. The lowest BCUT2D eigenvalue weighted by Gasteiger charge is -2.21. The van der Waals surface area contributed by atoms with Crippen molar-refractivity contribution in [2.24, 2.45) is 0 Å². The molecule has 0 fully saturated rings. The fraction of sp³-hybridized carbons (Fsp3) is 0.333. The monoisotopic (exact) mass is 443 g/mol. The average molecular weight is 444 g/mol. The second-order valence-corrected chi connectivity index (χ2v) is 8.21. The Morgan fingerprint density at radius 2 is 1.54 bits per heavy atom. The van der Waals surface area contributed by atoms with Crippen molar-refractivity contribution in [1.82, 2.24) is 4.31 Å². The largest absolute Gasteiger partial charge is 0.496 e. The number of benzene rings is 2. The molecule has 2 rings (SSSR count). The van der Waals surface area contributed by atoms with E-state index in [1.807, 2.05) is 6.07 Å². The quantitative estimate of drug-likeness (QED) is 0.622. The summed E-state index contributed by atoms with van der Waals surface area (Å²) in [7, 11) is 0.979. The highest BCUT2D eigenvalue weighted by Gasteiger charge is 2.24. The first-order chi connectivity index (χ1) is 12.4. The van der Waals surface area contributed by atoms with Crippen LogP contribution in [0.4, 0.5) is 0 Å². The van der Waals surface area contributed by atoms with Crippen molar-refractivity contribution in [3.63, 3.8) is 0 Å². The Kier molecular flexibility index (Phi) is 6.91. The molecule has 0 radical (unpaired) electrons. The molecule has 0 aliphatic rings. The number of hydrogen-bond acceptors (Lipinski definition) is 5. The first-order valence-electron chi connectivity index (χ1n) is 7.92. The summed E-state index contributed by atoms with van der Waals surface area (Å²) in [6.45, 7) is 2.36. The van der Waals surface area contributed by atoms with Crippen LogP contribution in [0.5, 0.6) is 17.2 Å². The Hall–Kier alpha value is -1.77. The predicted molar refractivity (Wildman–Crippen MR) is 104 cm³/mol. The van der Waals surface area contributed by atoms with Crippen molar-refractivity contribution in [3.8, 4) is 17.2 Å². The van der Waals surface area contributed by atoms with Crippen LogP contribution in [0, 0.1) is 0 Å². The molecule has 2 aromatic carbocycles. The maximum absolute atomic E-state index is 13.0. The molecule has 6 nitrogen and oxygen atoms in total. The first-order valence-corrected chi connectivity index (χ1v) is 10.1. The van der Waals surface area contributed by atoms with E-state index in [4.69, 9.17) is 14.2 Å². The number of sulfonamides is 1. The van der Waals surface area contributed by atoms with Crippen molar-refractivity contribution >= 4 is 26.0 Å². The lowest BCUT2D eigenvalue weighted by molar-refractivity contribution is 0.353. The average Bonchev–Trinajstić information content (AvgIpc) is 2.65. The van der Waals surface area contributed by atoms with Crippen molar-refractivity contribution in [1.29, 1.82) is 0 Å². The predicted octanol–water partition coefficient (Wildman–Crippen LogP) is 3.69. The Morgan fingerprint density at radius 1 is 0.923 bits per heavy atom. The molecule has 0 spiro atoms. The smallest absolute Gasteiger partial charge is 0.243 e. The van der Waals surface area contributed by atoms with Gasteiger partial charge in [0.15, 0.2) is 11.5 Å². The Labute approximate surface area is 162 Å². The van der Waals surface area contributed by atoms with Gasteiger partial charge in [-0.25, -0.2) is 8.42 Å². The number of methoxy groups -OCH3 is 3. The molecule has 142 valence electrons. The summed E-state index contributed by atoms with van der Waals surface area (Å²) in [4.78, 5) is 0.201.